The minimum absolute atomic E-state index is 0. The molecular formula is C21H22Cl2SiTi. The van der Waals surface area contributed by atoms with E-state index in [0.717, 1.165) is 6.42 Å². The van der Waals surface area contributed by atoms with Crippen LogP contribution >= 0.6 is 0 Å². The average molecular weight is 421 g/mol. The fourth-order valence-electron chi connectivity index (χ4n) is 4.04. The van der Waals surface area contributed by atoms with Crippen LogP contribution < -0.4 is 28.7 Å². The van der Waals surface area contributed by atoms with Crippen LogP contribution in [0.4, 0.5) is 0 Å². The molecule has 4 rings (SSSR count). The van der Waals surface area contributed by atoms with Crippen molar-refractivity contribution in [2.24, 2.45) is 0 Å². The van der Waals surface area contributed by atoms with Gasteiger partial charge in [0.15, 0.2) is 0 Å². The summed E-state index contributed by atoms with van der Waals surface area (Å²) >= 11 is -1.37. The second-order valence-corrected chi connectivity index (χ2v) is 18.5. The zero-order valence-electron chi connectivity index (χ0n) is 14.9. The first kappa shape index (κ1) is 20.7. The van der Waals surface area contributed by atoms with Gasteiger partial charge in [0, 0.05) is 0 Å². The first-order valence-corrected chi connectivity index (χ1v) is 14.8. The summed E-state index contributed by atoms with van der Waals surface area (Å²) in [5.41, 5.74) is 7.72. The number of benzene rings is 2. The number of halogens is 2. The number of fused-ring (bicyclic) bond motifs is 3. The molecule has 0 unspecified atom stereocenters. The van der Waals surface area contributed by atoms with Crippen LogP contribution in [0, 0.1) is 0 Å². The van der Waals surface area contributed by atoms with Crippen molar-refractivity contribution >= 4 is 10.1 Å². The van der Waals surface area contributed by atoms with Crippen LogP contribution in [0.15, 0.2) is 64.1 Å². The summed E-state index contributed by atoms with van der Waals surface area (Å²) in [5.74, 6) is 0. The monoisotopic (exact) mass is 420 g/mol. The molecule has 0 aliphatic heterocycles. The van der Waals surface area contributed by atoms with E-state index >= 15 is 0 Å². The summed E-state index contributed by atoms with van der Waals surface area (Å²) in [7, 11) is 0. The van der Waals surface area contributed by atoms with E-state index in [1.54, 1.807) is 15.0 Å². The summed E-state index contributed by atoms with van der Waals surface area (Å²) < 4.78 is 3.59. The van der Waals surface area contributed by atoms with E-state index in [2.05, 4.69) is 74.6 Å². The molecule has 2 aliphatic carbocycles. The third kappa shape index (κ3) is 3.63. The Morgan fingerprint density at radius 3 is 2.32 bits per heavy atom. The molecule has 0 atom stereocenters. The number of hydrogen-bond acceptors (Lipinski definition) is 0. The molecule has 0 N–H and O–H groups in total. The molecule has 128 valence electrons. The molecule has 4 heteroatoms. The fourth-order valence-corrected chi connectivity index (χ4v) is 15.7. The normalized spacial score (nSPS) is 13.4. The van der Waals surface area contributed by atoms with Gasteiger partial charge in [0.2, 0.25) is 0 Å². The van der Waals surface area contributed by atoms with Crippen molar-refractivity contribution in [3.05, 3.63) is 75.2 Å². The average Bonchev–Trinajstić information content (AvgIpc) is 3.12. The molecule has 2 aliphatic rings. The summed E-state index contributed by atoms with van der Waals surface area (Å²) in [6, 6.07) is 16.1. The number of allylic oxidation sites excluding steroid dienone is 4. The maximum absolute atomic E-state index is 2.54. The topological polar surface area (TPSA) is 0 Å². The minimum Gasteiger partial charge on any atom is -1.00 e. The minimum atomic E-state index is -1.37. The van der Waals surface area contributed by atoms with Crippen LogP contribution in [-0.4, -0.2) is 6.19 Å². The molecule has 0 spiro atoms. The van der Waals surface area contributed by atoms with Gasteiger partial charge >= 0.3 is 146 Å². The van der Waals surface area contributed by atoms with Crippen molar-refractivity contribution in [1.82, 2.24) is 0 Å². The largest absolute Gasteiger partial charge is 1.00 e. The number of hydrogen-bond donors (Lipinski definition) is 0. The molecule has 0 saturated heterocycles. The van der Waals surface area contributed by atoms with Gasteiger partial charge in [-0.25, -0.2) is 0 Å². The Bertz CT molecular complexity index is 906. The first-order valence-electron chi connectivity index (χ1n) is 8.41. The second kappa shape index (κ2) is 8.41. The molecule has 0 fully saturated rings. The van der Waals surface area contributed by atoms with Gasteiger partial charge in [0.25, 0.3) is 0 Å². The fraction of sp³-hybridized carbons (Fsp3) is 0.238. The quantitative estimate of drug-likeness (QED) is 0.466. The molecule has 0 amide bonds. The predicted molar refractivity (Wildman–Crippen MR) is 98.3 cm³/mol. The molecule has 0 radical (unpaired) electrons. The Labute approximate surface area is 169 Å². The van der Waals surface area contributed by atoms with Crippen molar-refractivity contribution in [2.75, 3.05) is 0 Å². The van der Waals surface area contributed by atoms with Gasteiger partial charge in [-0.15, -0.1) is 0 Å². The smallest absolute Gasteiger partial charge is 1.00 e. The molecule has 0 bridgehead atoms. The molecule has 0 nitrogen and oxygen atoms in total. The Balaban J connectivity index is 0.00000113. The molecular weight excluding hydrogens is 399 g/mol. The summed E-state index contributed by atoms with van der Waals surface area (Å²) in [6.45, 7) is 7.41. The van der Waals surface area contributed by atoms with Crippen LogP contribution in [0.3, 0.4) is 0 Å². The van der Waals surface area contributed by atoms with Gasteiger partial charge in [-0.3, -0.25) is 0 Å². The maximum atomic E-state index is 2.54. The molecule has 0 heterocycles. The molecule has 2 aromatic rings. The van der Waals surface area contributed by atoms with Gasteiger partial charge in [-0.1, -0.05) is 0 Å². The summed E-state index contributed by atoms with van der Waals surface area (Å²) in [5, 5.41) is 0. The van der Waals surface area contributed by atoms with Crippen molar-refractivity contribution in [3.8, 4) is 11.1 Å². The molecule has 2 aromatic carbocycles. The van der Waals surface area contributed by atoms with Gasteiger partial charge in [-0.2, -0.15) is 0 Å². The van der Waals surface area contributed by atoms with E-state index in [1.165, 1.54) is 23.1 Å². The number of rotatable bonds is 2. The van der Waals surface area contributed by atoms with Crippen LogP contribution in [0.2, 0.25) is 13.1 Å². The summed E-state index contributed by atoms with van der Waals surface area (Å²) in [4.78, 5) is 0. The second-order valence-electron chi connectivity index (χ2n) is 6.81. The third-order valence-corrected chi connectivity index (χ3v) is 16.6. The van der Waals surface area contributed by atoms with Crippen LogP contribution in [0.25, 0.3) is 11.1 Å². The van der Waals surface area contributed by atoms with E-state index in [-0.39, 0.29) is 31.0 Å². The zero-order chi connectivity index (χ0) is 16.0. The van der Waals surface area contributed by atoms with E-state index in [9.17, 15) is 0 Å². The van der Waals surface area contributed by atoms with Gasteiger partial charge in [0.05, 0.1) is 0 Å². The van der Waals surface area contributed by atoms with Crippen molar-refractivity contribution < 1.29 is 41.4 Å². The third-order valence-electron chi connectivity index (χ3n) is 5.09. The van der Waals surface area contributed by atoms with E-state index in [4.69, 9.17) is 0 Å². The van der Waals surface area contributed by atoms with Crippen molar-refractivity contribution in [1.29, 1.82) is 0 Å². The standard InChI is InChI=1S/C13H9.C6H7.C2H6Si.2ClH.Ti/c1-3-7-12-10(5-1)9-11-6-2-4-8-13(11)12;1-6-4-2-3-5-6;1-3-2;;;/h1-5,7-8H,9H2;2,4H,3H2,1H3;1-2H3;2*1H;/q;;;;;+2/p-2. The van der Waals surface area contributed by atoms with E-state index < -0.39 is 16.6 Å². The van der Waals surface area contributed by atoms with Crippen LogP contribution in [0.1, 0.15) is 24.5 Å². The summed E-state index contributed by atoms with van der Waals surface area (Å²) in [6.07, 6.45) is 6.81. The molecule has 0 saturated carbocycles. The molecule has 25 heavy (non-hydrogen) atoms. The molecule has 0 aromatic heterocycles. The maximum Gasteiger partial charge on any atom is -1.00 e. The van der Waals surface area contributed by atoms with Gasteiger partial charge < -0.3 is 24.8 Å². The SMILES string of the molecule is CC1=[C]([Ti+2]([c]2cccc3c2Cc2ccccc2-3)=[Si](C)C)CC=C1.[Cl-].[Cl-]. The Hall–Kier alpha value is -0.569. The Morgan fingerprint density at radius 1 is 0.920 bits per heavy atom. The Kier molecular flexibility index (Phi) is 6.98. The Morgan fingerprint density at radius 2 is 1.64 bits per heavy atom. The van der Waals surface area contributed by atoms with E-state index in [0.29, 0.717) is 0 Å². The van der Waals surface area contributed by atoms with Crippen LogP contribution in [0.5, 0.6) is 0 Å². The van der Waals surface area contributed by atoms with Crippen LogP contribution in [-0.2, 0) is 23.0 Å². The zero-order valence-corrected chi connectivity index (χ0v) is 18.9. The van der Waals surface area contributed by atoms with Crippen molar-refractivity contribution in [2.45, 2.75) is 32.9 Å². The van der Waals surface area contributed by atoms with Crippen molar-refractivity contribution in [3.63, 3.8) is 0 Å². The predicted octanol–water partition coefficient (Wildman–Crippen LogP) is -1.01. The van der Waals surface area contributed by atoms with E-state index in [1.807, 2.05) is 3.88 Å². The first-order chi connectivity index (χ1) is 11.2. The van der Waals surface area contributed by atoms with Gasteiger partial charge in [0.1, 0.15) is 0 Å². The van der Waals surface area contributed by atoms with Gasteiger partial charge in [-0.05, 0) is 0 Å².